The SMILES string of the molecule is CCC1CCCC(NC(=O)c2ccnc(NC)c2F)C1. The molecule has 1 heterocycles. The van der Waals surface area contributed by atoms with Crippen LogP contribution in [0.4, 0.5) is 10.2 Å². The fraction of sp³-hybridized carbons (Fsp3) is 0.600. The molecule has 5 heteroatoms. The van der Waals surface area contributed by atoms with Gasteiger partial charge in [0.1, 0.15) is 0 Å². The van der Waals surface area contributed by atoms with Crippen LogP contribution in [0.15, 0.2) is 12.3 Å². The first-order valence-electron chi connectivity index (χ1n) is 7.28. The average molecular weight is 279 g/mol. The molecule has 0 aliphatic heterocycles. The van der Waals surface area contributed by atoms with Crippen LogP contribution in [0.5, 0.6) is 0 Å². The fourth-order valence-corrected chi connectivity index (χ4v) is 2.85. The summed E-state index contributed by atoms with van der Waals surface area (Å²) < 4.78 is 14.0. The van der Waals surface area contributed by atoms with Crippen LogP contribution in [-0.2, 0) is 0 Å². The summed E-state index contributed by atoms with van der Waals surface area (Å²) in [5.74, 6) is -0.157. The maximum Gasteiger partial charge on any atom is 0.254 e. The van der Waals surface area contributed by atoms with Gasteiger partial charge in [-0.2, -0.15) is 0 Å². The second kappa shape index (κ2) is 6.68. The number of pyridine rings is 1. The molecule has 0 spiro atoms. The molecule has 2 atom stereocenters. The summed E-state index contributed by atoms with van der Waals surface area (Å²) >= 11 is 0. The summed E-state index contributed by atoms with van der Waals surface area (Å²) in [5, 5.41) is 5.60. The van der Waals surface area contributed by atoms with Gasteiger partial charge in [-0.3, -0.25) is 4.79 Å². The van der Waals surface area contributed by atoms with Crippen LogP contribution in [0.2, 0.25) is 0 Å². The van der Waals surface area contributed by atoms with Crippen molar-refractivity contribution in [2.24, 2.45) is 5.92 Å². The molecule has 1 aliphatic carbocycles. The third-order valence-corrected chi connectivity index (χ3v) is 4.07. The van der Waals surface area contributed by atoms with Crippen LogP contribution in [0.1, 0.15) is 49.4 Å². The van der Waals surface area contributed by atoms with E-state index in [1.807, 2.05) is 0 Å². The maximum atomic E-state index is 14.0. The number of amides is 1. The Kier molecular flexibility index (Phi) is 4.93. The number of halogens is 1. The largest absolute Gasteiger partial charge is 0.371 e. The molecular formula is C15H22FN3O. The van der Waals surface area contributed by atoms with E-state index < -0.39 is 5.82 Å². The summed E-state index contributed by atoms with van der Waals surface area (Å²) in [7, 11) is 1.58. The normalized spacial score (nSPS) is 22.4. The van der Waals surface area contributed by atoms with Crippen LogP contribution in [0.3, 0.4) is 0 Å². The highest BCUT2D eigenvalue weighted by molar-refractivity contribution is 5.95. The Morgan fingerprint density at radius 2 is 2.30 bits per heavy atom. The molecule has 2 rings (SSSR count). The standard InChI is InChI=1S/C15H22FN3O/c1-3-10-5-4-6-11(9-10)19-15(20)12-7-8-18-14(17-2)13(12)16/h7-8,10-11H,3-6,9H2,1-2H3,(H,17,18)(H,19,20). The number of aromatic nitrogens is 1. The molecule has 1 saturated carbocycles. The predicted octanol–water partition coefficient (Wildman–Crippen LogP) is 2.96. The zero-order valence-corrected chi connectivity index (χ0v) is 12.1. The van der Waals surface area contributed by atoms with Crippen molar-refractivity contribution in [1.82, 2.24) is 10.3 Å². The quantitative estimate of drug-likeness (QED) is 0.891. The third kappa shape index (κ3) is 3.26. The van der Waals surface area contributed by atoms with Crippen molar-refractivity contribution in [2.45, 2.75) is 45.1 Å². The Bertz CT molecular complexity index is 478. The fourth-order valence-electron chi connectivity index (χ4n) is 2.85. The molecule has 20 heavy (non-hydrogen) atoms. The molecule has 1 aliphatic rings. The molecule has 0 radical (unpaired) electrons. The van der Waals surface area contributed by atoms with E-state index in [1.165, 1.54) is 18.7 Å². The molecule has 1 aromatic rings. The zero-order valence-electron chi connectivity index (χ0n) is 12.1. The number of nitrogens with one attached hydrogen (secondary N) is 2. The zero-order chi connectivity index (χ0) is 14.5. The lowest BCUT2D eigenvalue weighted by molar-refractivity contribution is 0.0915. The average Bonchev–Trinajstić information content (AvgIpc) is 2.47. The van der Waals surface area contributed by atoms with E-state index in [1.54, 1.807) is 7.05 Å². The molecule has 0 saturated heterocycles. The highest BCUT2D eigenvalue weighted by Crippen LogP contribution is 2.27. The van der Waals surface area contributed by atoms with E-state index in [0.717, 1.165) is 25.7 Å². The van der Waals surface area contributed by atoms with Gasteiger partial charge in [-0.25, -0.2) is 9.37 Å². The van der Waals surface area contributed by atoms with Crippen LogP contribution in [-0.4, -0.2) is 24.0 Å². The van der Waals surface area contributed by atoms with Gasteiger partial charge in [0.15, 0.2) is 11.6 Å². The molecule has 1 amide bonds. The van der Waals surface area contributed by atoms with E-state index in [0.29, 0.717) is 5.92 Å². The minimum atomic E-state index is -0.588. The van der Waals surface area contributed by atoms with E-state index in [4.69, 9.17) is 0 Å². The molecule has 0 aromatic carbocycles. The highest BCUT2D eigenvalue weighted by atomic mass is 19.1. The van der Waals surface area contributed by atoms with Gasteiger partial charge < -0.3 is 10.6 Å². The Balaban J connectivity index is 2.05. The summed E-state index contributed by atoms with van der Waals surface area (Å²) in [4.78, 5) is 16.0. The first-order valence-corrected chi connectivity index (χ1v) is 7.28. The van der Waals surface area contributed by atoms with Crippen molar-refractivity contribution in [3.05, 3.63) is 23.6 Å². The van der Waals surface area contributed by atoms with Gasteiger partial charge in [-0.15, -0.1) is 0 Å². The van der Waals surface area contributed by atoms with Crippen molar-refractivity contribution in [3.8, 4) is 0 Å². The molecule has 2 unspecified atom stereocenters. The molecule has 110 valence electrons. The Morgan fingerprint density at radius 3 is 3.00 bits per heavy atom. The lowest BCUT2D eigenvalue weighted by Crippen LogP contribution is -2.38. The van der Waals surface area contributed by atoms with Gasteiger partial charge in [0.05, 0.1) is 5.56 Å². The predicted molar refractivity (Wildman–Crippen MR) is 77.2 cm³/mol. The first-order chi connectivity index (χ1) is 9.65. The second-order valence-electron chi connectivity index (χ2n) is 5.38. The van der Waals surface area contributed by atoms with Gasteiger partial charge in [0.2, 0.25) is 0 Å². The van der Waals surface area contributed by atoms with Crippen molar-refractivity contribution in [1.29, 1.82) is 0 Å². The van der Waals surface area contributed by atoms with Crippen molar-refractivity contribution < 1.29 is 9.18 Å². The number of anilines is 1. The molecule has 1 aromatic heterocycles. The summed E-state index contributed by atoms with van der Waals surface area (Å²) in [6.07, 6.45) is 6.92. The number of rotatable bonds is 4. The first kappa shape index (κ1) is 14.8. The monoisotopic (exact) mass is 279 g/mol. The second-order valence-corrected chi connectivity index (χ2v) is 5.38. The van der Waals surface area contributed by atoms with Gasteiger partial charge in [-0.05, 0) is 24.8 Å². The van der Waals surface area contributed by atoms with Crippen LogP contribution in [0, 0.1) is 11.7 Å². The smallest absolute Gasteiger partial charge is 0.254 e. The summed E-state index contributed by atoms with van der Waals surface area (Å²) in [6.45, 7) is 2.18. The van der Waals surface area contributed by atoms with E-state index in [9.17, 15) is 9.18 Å². The minimum absolute atomic E-state index is 0.0583. The lowest BCUT2D eigenvalue weighted by Gasteiger charge is -2.29. The van der Waals surface area contributed by atoms with Gasteiger partial charge in [0.25, 0.3) is 5.91 Å². The van der Waals surface area contributed by atoms with Gasteiger partial charge in [-0.1, -0.05) is 26.2 Å². The minimum Gasteiger partial charge on any atom is -0.371 e. The van der Waals surface area contributed by atoms with Crippen LogP contribution >= 0.6 is 0 Å². The topological polar surface area (TPSA) is 54.0 Å². The molecular weight excluding hydrogens is 257 g/mol. The number of carbonyl (C=O) groups is 1. The van der Waals surface area contributed by atoms with Crippen LogP contribution in [0.25, 0.3) is 0 Å². The molecule has 4 nitrogen and oxygen atoms in total. The third-order valence-electron chi connectivity index (χ3n) is 4.07. The number of nitrogens with zero attached hydrogens (tertiary/aromatic N) is 1. The van der Waals surface area contributed by atoms with Crippen molar-refractivity contribution in [2.75, 3.05) is 12.4 Å². The lowest BCUT2D eigenvalue weighted by atomic mass is 9.84. The summed E-state index contributed by atoms with van der Waals surface area (Å²) in [5.41, 5.74) is 0.0583. The van der Waals surface area contributed by atoms with E-state index in [-0.39, 0.29) is 23.3 Å². The number of carbonyl (C=O) groups excluding carboxylic acids is 1. The van der Waals surface area contributed by atoms with Gasteiger partial charge >= 0.3 is 0 Å². The Hall–Kier alpha value is -1.65. The number of hydrogen-bond acceptors (Lipinski definition) is 3. The van der Waals surface area contributed by atoms with E-state index in [2.05, 4.69) is 22.5 Å². The van der Waals surface area contributed by atoms with Crippen molar-refractivity contribution in [3.63, 3.8) is 0 Å². The molecule has 2 N–H and O–H groups in total. The molecule has 1 fully saturated rings. The van der Waals surface area contributed by atoms with Crippen molar-refractivity contribution >= 4 is 11.7 Å². The summed E-state index contributed by atoms with van der Waals surface area (Å²) in [6, 6.07) is 1.58. The Labute approximate surface area is 119 Å². The number of hydrogen-bond donors (Lipinski definition) is 2. The van der Waals surface area contributed by atoms with Crippen LogP contribution < -0.4 is 10.6 Å². The molecule has 0 bridgehead atoms. The van der Waals surface area contributed by atoms with Gasteiger partial charge in [0, 0.05) is 19.3 Å². The maximum absolute atomic E-state index is 14.0. The Morgan fingerprint density at radius 1 is 1.50 bits per heavy atom. The van der Waals surface area contributed by atoms with E-state index >= 15 is 0 Å². The highest BCUT2D eigenvalue weighted by Gasteiger charge is 2.24.